The van der Waals surface area contributed by atoms with Gasteiger partial charge in [-0.2, -0.15) is 0 Å². The Morgan fingerprint density at radius 3 is 1.47 bits per heavy atom. The van der Waals surface area contributed by atoms with Crippen molar-refractivity contribution in [1.82, 2.24) is 0 Å². The Bertz CT molecular complexity index is 317. The van der Waals surface area contributed by atoms with Crippen LogP contribution in [-0.2, 0) is 0 Å². The molecule has 19 heavy (non-hydrogen) atoms. The lowest BCUT2D eigenvalue weighted by atomic mass is 10.2. The molecular formula is C15H35FSi3. The average Bonchev–Trinajstić information content (AvgIpc) is 1.91. The molecule has 0 heterocycles. The lowest BCUT2D eigenvalue weighted by Crippen LogP contribution is -2.61. The number of allylic oxidation sites excluding steroid dienone is 1. The summed E-state index contributed by atoms with van der Waals surface area (Å²) in [6.07, 6.45) is 0. The standard InChI is InChI=1S/C15H35FSi3/c1-13(2)12-19(16,15(3,4)5)14(17(6,7)8)18(9,10)11/h14H,1,12H2,2-11H3. The molecule has 0 aromatic rings. The summed E-state index contributed by atoms with van der Waals surface area (Å²) < 4.78 is 16.4. The second-order valence-electron chi connectivity index (χ2n) is 9.41. The summed E-state index contributed by atoms with van der Waals surface area (Å²) in [5, 5.41) is -0.197. The van der Waals surface area contributed by atoms with E-state index in [0.29, 0.717) is 10.8 Å². The zero-order valence-electron chi connectivity index (χ0n) is 14.9. The Labute approximate surface area is 124 Å². The van der Waals surface area contributed by atoms with Gasteiger partial charge >= 0.3 is 0 Å². The SMILES string of the molecule is C=C(C)C[Si](F)(C([Si](C)(C)C)[Si](C)(C)C)C(C)(C)C. The van der Waals surface area contributed by atoms with E-state index >= 15 is 4.11 Å². The summed E-state index contributed by atoms with van der Waals surface area (Å²) in [5.41, 5.74) is 1.03. The van der Waals surface area contributed by atoms with E-state index in [9.17, 15) is 0 Å². The van der Waals surface area contributed by atoms with Gasteiger partial charge in [-0.1, -0.05) is 65.6 Å². The van der Waals surface area contributed by atoms with Gasteiger partial charge < -0.3 is 4.11 Å². The zero-order valence-corrected chi connectivity index (χ0v) is 17.9. The largest absolute Gasteiger partial charge is 0.313 e. The van der Waals surface area contributed by atoms with Crippen LogP contribution >= 0.6 is 0 Å². The van der Waals surface area contributed by atoms with Crippen LogP contribution in [0, 0.1) is 0 Å². The number of hydrogen-bond acceptors (Lipinski definition) is 0. The summed E-state index contributed by atoms with van der Waals surface area (Å²) in [5.74, 6) is 0. The molecule has 0 amide bonds. The highest BCUT2D eigenvalue weighted by atomic mass is 28.5. The molecule has 0 rings (SSSR count). The van der Waals surface area contributed by atoms with Gasteiger partial charge in [-0.05, 0) is 22.8 Å². The Morgan fingerprint density at radius 2 is 1.32 bits per heavy atom. The normalized spacial score (nSPS) is 17.5. The van der Waals surface area contributed by atoms with E-state index in [1.807, 2.05) is 6.92 Å². The molecule has 0 N–H and O–H groups in total. The minimum atomic E-state index is -2.89. The third-order valence-corrected chi connectivity index (χ3v) is 25.1. The van der Waals surface area contributed by atoms with Crippen molar-refractivity contribution in [3.8, 4) is 0 Å². The number of hydrogen-bond donors (Lipinski definition) is 0. The first-order valence-electron chi connectivity index (χ1n) is 7.37. The molecular weight excluding hydrogens is 283 g/mol. The van der Waals surface area contributed by atoms with Crippen molar-refractivity contribution in [2.45, 2.75) is 82.8 Å². The van der Waals surface area contributed by atoms with Crippen LogP contribution in [0.15, 0.2) is 12.2 Å². The summed E-state index contributed by atoms with van der Waals surface area (Å²) in [4.78, 5) is 0.379. The molecule has 0 spiro atoms. The lowest BCUT2D eigenvalue weighted by Gasteiger charge is -2.51. The van der Waals surface area contributed by atoms with Crippen LogP contribution in [0.2, 0.25) is 55.2 Å². The van der Waals surface area contributed by atoms with Crippen molar-refractivity contribution in [2.75, 3.05) is 0 Å². The number of rotatable bonds is 5. The molecule has 1 unspecified atom stereocenters. The average molecular weight is 319 g/mol. The highest BCUT2D eigenvalue weighted by molar-refractivity contribution is 7.12. The molecule has 0 saturated heterocycles. The Kier molecular flexibility index (Phi) is 5.70. The lowest BCUT2D eigenvalue weighted by molar-refractivity contribution is 0.601. The fourth-order valence-electron chi connectivity index (χ4n) is 3.91. The van der Waals surface area contributed by atoms with Crippen molar-refractivity contribution in [3.05, 3.63) is 12.2 Å². The fourth-order valence-corrected chi connectivity index (χ4v) is 31.0. The predicted molar refractivity (Wildman–Crippen MR) is 96.6 cm³/mol. The quantitative estimate of drug-likeness (QED) is 0.312. The van der Waals surface area contributed by atoms with Gasteiger partial charge in [-0.25, -0.2) is 0 Å². The molecule has 0 aliphatic carbocycles. The van der Waals surface area contributed by atoms with Crippen LogP contribution in [0.1, 0.15) is 27.7 Å². The molecule has 114 valence electrons. The van der Waals surface area contributed by atoms with Crippen molar-refractivity contribution in [1.29, 1.82) is 0 Å². The van der Waals surface area contributed by atoms with Gasteiger partial charge in [0, 0.05) is 16.1 Å². The van der Waals surface area contributed by atoms with E-state index in [0.717, 1.165) is 5.57 Å². The molecule has 0 fully saturated rings. The molecule has 0 radical (unpaired) electrons. The smallest absolute Gasteiger partial charge is 0.254 e. The van der Waals surface area contributed by atoms with Gasteiger partial charge in [0.05, 0.1) is 0 Å². The van der Waals surface area contributed by atoms with Crippen LogP contribution in [0.25, 0.3) is 0 Å². The van der Waals surface area contributed by atoms with Gasteiger partial charge in [0.2, 0.25) is 0 Å². The third kappa shape index (κ3) is 4.67. The Balaban J connectivity index is 6.00. The summed E-state index contributed by atoms with van der Waals surface area (Å²) in [6, 6.07) is 0.649. The summed E-state index contributed by atoms with van der Waals surface area (Å²) >= 11 is 0. The van der Waals surface area contributed by atoms with Gasteiger partial charge in [-0.3, -0.25) is 0 Å². The van der Waals surface area contributed by atoms with E-state index in [4.69, 9.17) is 0 Å². The van der Waals surface area contributed by atoms with Gasteiger partial charge in [-0.15, -0.1) is 6.58 Å². The maximum Gasteiger partial charge on any atom is 0.254 e. The van der Waals surface area contributed by atoms with Crippen LogP contribution in [-0.4, -0.2) is 24.6 Å². The van der Waals surface area contributed by atoms with Gasteiger partial charge in [0.25, 0.3) is 8.41 Å². The van der Waals surface area contributed by atoms with E-state index in [1.54, 1.807) is 0 Å². The Morgan fingerprint density at radius 1 is 1.00 bits per heavy atom. The molecule has 4 heteroatoms. The minimum Gasteiger partial charge on any atom is -0.313 e. The number of halogens is 1. The van der Waals surface area contributed by atoms with Crippen molar-refractivity contribution >= 4 is 24.6 Å². The zero-order chi connectivity index (χ0) is 15.9. The topological polar surface area (TPSA) is 0 Å². The monoisotopic (exact) mass is 318 g/mol. The van der Waals surface area contributed by atoms with Gasteiger partial charge in [0.15, 0.2) is 0 Å². The molecule has 0 aromatic heterocycles. The molecule has 1 atom stereocenters. The predicted octanol–water partition coefficient (Wildman–Crippen LogP) is 6.40. The second kappa shape index (κ2) is 5.60. The third-order valence-electron chi connectivity index (χ3n) is 4.00. The highest BCUT2D eigenvalue weighted by Gasteiger charge is 2.60. The van der Waals surface area contributed by atoms with E-state index in [1.165, 1.54) is 0 Å². The molecule has 0 nitrogen and oxygen atoms in total. The van der Waals surface area contributed by atoms with Crippen LogP contribution < -0.4 is 0 Å². The van der Waals surface area contributed by atoms with E-state index < -0.39 is 24.6 Å². The Hall–Kier alpha value is 0.321. The van der Waals surface area contributed by atoms with Gasteiger partial charge in [0.1, 0.15) is 0 Å². The minimum absolute atomic E-state index is 0.197. The van der Waals surface area contributed by atoms with Crippen molar-refractivity contribution < 1.29 is 4.11 Å². The molecule has 0 saturated carbocycles. The van der Waals surface area contributed by atoms with Crippen LogP contribution in [0.5, 0.6) is 0 Å². The van der Waals surface area contributed by atoms with E-state index in [2.05, 4.69) is 66.6 Å². The first-order chi connectivity index (χ1) is 8.03. The highest BCUT2D eigenvalue weighted by Crippen LogP contribution is 2.54. The summed E-state index contributed by atoms with van der Waals surface area (Å²) in [6.45, 7) is 26.6. The second-order valence-corrected chi connectivity index (χ2v) is 25.9. The maximum absolute atomic E-state index is 16.4. The van der Waals surface area contributed by atoms with Crippen molar-refractivity contribution in [3.63, 3.8) is 0 Å². The molecule has 0 aliphatic rings. The van der Waals surface area contributed by atoms with Crippen LogP contribution in [0.3, 0.4) is 0 Å². The first-order valence-corrected chi connectivity index (χ1v) is 16.7. The fraction of sp³-hybridized carbons (Fsp3) is 0.867. The van der Waals surface area contributed by atoms with Crippen LogP contribution in [0.4, 0.5) is 4.11 Å². The van der Waals surface area contributed by atoms with E-state index in [-0.39, 0.29) is 5.04 Å². The first kappa shape index (κ1) is 19.3. The molecule has 0 bridgehead atoms. The van der Waals surface area contributed by atoms with Crippen molar-refractivity contribution in [2.24, 2.45) is 0 Å². The maximum atomic E-state index is 16.4. The summed E-state index contributed by atoms with van der Waals surface area (Å²) in [7, 11) is -5.94. The molecule has 0 aromatic carbocycles. The molecule has 0 aliphatic heterocycles.